The number of carbonyl (C=O) groups is 2. The fourth-order valence-electron chi connectivity index (χ4n) is 6.13. The van der Waals surface area contributed by atoms with Gasteiger partial charge in [0.05, 0.1) is 36.5 Å². The van der Waals surface area contributed by atoms with Crippen LogP contribution in [0.1, 0.15) is 57.2 Å². The van der Waals surface area contributed by atoms with Crippen molar-refractivity contribution in [3.8, 4) is 34.0 Å². The quantitative estimate of drug-likeness (QED) is 0.178. The summed E-state index contributed by atoms with van der Waals surface area (Å²) in [6.07, 6.45) is -1.28. The molecule has 1 amide bonds. The van der Waals surface area contributed by atoms with Crippen LogP contribution in [0.5, 0.6) is 5.75 Å². The first-order chi connectivity index (χ1) is 23.2. The number of aryl methyl sites for hydroxylation is 3. The number of carboxylic acid groups (broad SMARTS) is 1. The number of hydrogen-bond acceptors (Lipinski definition) is 7. The molecule has 3 aromatic carbocycles. The second kappa shape index (κ2) is 12.7. The lowest BCUT2D eigenvalue weighted by Gasteiger charge is -2.23. The molecule has 2 aromatic heterocycles. The highest BCUT2D eigenvalue weighted by atomic mass is 19.4. The van der Waals surface area contributed by atoms with Crippen molar-refractivity contribution in [2.24, 2.45) is 0 Å². The molecule has 0 spiro atoms. The van der Waals surface area contributed by atoms with E-state index in [1.165, 1.54) is 18.1 Å². The molecule has 0 saturated carbocycles. The number of carbonyl (C=O) groups excluding carboxylic acids is 1. The number of hydrogen-bond donors (Lipinski definition) is 1. The zero-order valence-electron chi connectivity index (χ0n) is 27.2. The molecule has 10 nitrogen and oxygen atoms in total. The Labute approximate surface area is 279 Å². The Bertz CT molecular complexity index is 2090. The summed E-state index contributed by atoms with van der Waals surface area (Å²) in [5.74, 6) is 0.399. The van der Waals surface area contributed by atoms with E-state index in [1.807, 2.05) is 19.1 Å². The van der Waals surface area contributed by atoms with E-state index < -0.39 is 35.9 Å². The first kappa shape index (κ1) is 33.2. The van der Waals surface area contributed by atoms with Gasteiger partial charge in [0.2, 0.25) is 5.95 Å². The van der Waals surface area contributed by atoms with Gasteiger partial charge in [0, 0.05) is 29.7 Å². The molecule has 0 aliphatic carbocycles. The van der Waals surface area contributed by atoms with E-state index in [0.717, 1.165) is 28.8 Å². The number of methoxy groups -OCH3 is 1. The molecule has 1 aliphatic rings. The molecule has 1 saturated heterocycles. The first-order valence-electron chi connectivity index (χ1n) is 15.3. The summed E-state index contributed by atoms with van der Waals surface area (Å²) in [7, 11) is 1.52. The lowest BCUT2D eigenvalue weighted by atomic mass is 9.94. The minimum Gasteiger partial charge on any atom is -0.496 e. The van der Waals surface area contributed by atoms with Gasteiger partial charge in [0.1, 0.15) is 17.7 Å². The molecule has 13 heteroatoms. The highest BCUT2D eigenvalue weighted by Crippen LogP contribution is 2.40. The molecule has 1 fully saturated rings. The predicted molar refractivity (Wildman–Crippen MR) is 173 cm³/mol. The second-order valence-electron chi connectivity index (χ2n) is 11.9. The minimum atomic E-state index is -4.56. The van der Waals surface area contributed by atoms with Gasteiger partial charge in [-0.25, -0.2) is 24.5 Å². The minimum absolute atomic E-state index is 0.0627. The summed E-state index contributed by atoms with van der Waals surface area (Å²) >= 11 is 0. The van der Waals surface area contributed by atoms with Gasteiger partial charge in [-0.15, -0.1) is 0 Å². The van der Waals surface area contributed by atoms with Crippen LogP contribution >= 0.6 is 0 Å². The Morgan fingerprint density at radius 3 is 2.43 bits per heavy atom. The number of aromatic carboxylic acids is 1. The van der Waals surface area contributed by atoms with E-state index >= 15 is 0 Å². The van der Waals surface area contributed by atoms with Gasteiger partial charge >= 0.3 is 18.2 Å². The van der Waals surface area contributed by atoms with Crippen molar-refractivity contribution >= 4 is 12.1 Å². The van der Waals surface area contributed by atoms with Gasteiger partial charge in [-0.1, -0.05) is 23.8 Å². The second-order valence-corrected chi connectivity index (χ2v) is 11.9. The average molecular weight is 672 g/mol. The van der Waals surface area contributed by atoms with E-state index in [0.29, 0.717) is 39.9 Å². The van der Waals surface area contributed by atoms with Crippen LogP contribution in [0.4, 0.5) is 18.0 Å². The molecule has 49 heavy (non-hydrogen) atoms. The molecule has 3 heterocycles. The van der Waals surface area contributed by atoms with Crippen LogP contribution in [-0.4, -0.2) is 54.7 Å². The third-order valence-electron chi connectivity index (χ3n) is 8.64. The first-order valence-corrected chi connectivity index (χ1v) is 15.3. The smallest absolute Gasteiger partial charge is 0.416 e. The van der Waals surface area contributed by atoms with E-state index in [1.54, 1.807) is 68.2 Å². The lowest BCUT2D eigenvalue weighted by molar-refractivity contribution is -0.137. The molecule has 1 N–H and O–H groups in total. The van der Waals surface area contributed by atoms with Gasteiger partial charge in [0.15, 0.2) is 0 Å². The van der Waals surface area contributed by atoms with Crippen molar-refractivity contribution in [3.63, 3.8) is 0 Å². The highest BCUT2D eigenvalue weighted by Gasteiger charge is 2.41. The molecule has 252 valence electrons. The number of cyclic esters (lactones) is 1. The molecule has 0 bridgehead atoms. The maximum absolute atomic E-state index is 13.7. The maximum atomic E-state index is 13.7. The zero-order valence-corrected chi connectivity index (χ0v) is 27.2. The number of halogens is 3. The Morgan fingerprint density at radius 2 is 1.78 bits per heavy atom. The van der Waals surface area contributed by atoms with E-state index in [-0.39, 0.29) is 17.7 Å². The Morgan fingerprint density at radius 1 is 1.00 bits per heavy atom. The maximum Gasteiger partial charge on any atom is 0.416 e. The Hall–Kier alpha value is -5.72. The molecular formula is C36H32F3N5O5. The molecule has 0 radical (unpaired) electrons. The fourth-order valence-corrected chi connectivity index (χ4v) is 6.13. The van der Waals surface area contributed by atoms with Crippen LogP contribution in [0.3, 0.4) is 0 Å². The number of benzene rings is 3. The molecule has 5 aromatic rings. The van der Waals surface area contributed by atoms with Gasteiger partial charge < -0.3 is 14.6 Å². The van der Waals surface area contributed by atoms with Crippen LogP contribution in [0.15, 0.2) is 73.2 Å². The third kappa shape index (κ3) is 6.43. The SMILES string of the molecule is COc1ccc(-c2ccc(C(=O)O)cc2C)cc1-c1cnc(-n2ccnc2C)nc1CN1C(=O)O[C@H](c2cc(C)cc(C(F)(F)F)c2)[C@@H]1C. The molecule has 1 aliphatic heterocycles. The van der Waals surface area contributed by atoms with Gasteiger partial charge in [0.25, 0.3) is 0 Å². The number of alkyl halides is 3. The van der Waals surface area contributed by atoms with Gasteiger partial charge in [-0.05, 0) is 86.3 Å². The van der Waals surface area contributed by atoms with E-state index in [9.17, 15) is 27.9 Å². The number of ether oxygens (including phenoxy) is 2. The summed E-state index contributed by atoms with van der Waals surface area (Å²) in [5, 5.41) is 9.44. The average Bonchev–Trinajstić information content (AvgIpc) is 3.61. The molecule has 0 unspecified atom stereocenters. The van der Waals surface area contributed by atoms with Crippen molar-refractivity contribution in [2.45, 2.75) is 52.6 Å². The summed E-state index contributed by atoms with van der Waals surface area (Å²) in [5.41, 5.74) is 3.89. The zero-order chi connectivity index (χ0) is 35.2. The number of amides is 1. The van der Waals surface area contributed by atoms with Crippen LogP contribution < -0.4 is 4.74 Å². The number of aromatic nitrogens is 4. The number of imidazole rings is 1. The van der Waals surface area contributed by atoms with E-state index in [2.05, 4.69) is 9.97 Å². The van der Waals surface area contributed by atoms with Crippen LogP contribution in [0.25, 0.3) is 28.2 Å². The largest absolute Gasteiger partial charge is 0.496 e. The third-order valence-corrected chi connectivity index (χ3v) is 8.64. The fraction of sp³-hybridized carbons (Fsp3) is 0.250. The van der Waals surface area contributed by atoms with Crippen LogP contribution in [0, 0.1) is 20.8 Å². The molecular weight excluding hydrogens is 639 g/mol. The van der Waals surface area contributed by atoms with Crippen molar-refractivity contribution in [1.82, 2.24) is 24.4 Å². The van der Waals surface area contributed by atoms with Crippen molar-refractivity contribution in [2.75, 3.05) is 7.11 Å². The Balaban J connectivity index is 1.44. The van der Waals surface area contributed by atoms with Gasteiger partial charge in [-0.3, -0.25) is 9.47 Å². The summed E-state index contributed by atoms with van der Waals surface area (Å²) in [4.78, 5) is 40.1. The topological polar surface area (TPSA) is 120 Å². The van der Waals surface area contributed by atoms with Crippen LogP contribution in [0.2, 0.25) is 0 Å². The van der Waals surface area contributed by atoms with Crippen molar-refractivity contribution in [1.29, 1.82) is 0 Å². The number of nitrogens with zero attached hydrogens (tertiary/aromatic N) is 5. The number of carboxylic acids is 1. The lowest BCUT2D eigenvalue weighted by Crippen LogP contribution is -2.32. The summed E-state index contributed by atoms with van der Waals surface area (Å²) < 4.78 is 54.1. The molecule has 6 rings (SSSR count). The monoisotopic (exact) mass is 671 g/mol. The summed E-state index contributed by atoms with van der Waals surface area (Å²) in [6.45, 7) is 6.84. The Kier molecular flexibility index (Phi) is 8.61. The van der Waals surface area contributed by atoms with Crippen LogP contribution in [-0.2, 0) is 17.5 Å². The standard InChI is InChI=1S/C36H32F3N5O5/c1-19-12-25(15-26(13-19)36(37,38)39)32-21(3)44(35(47)49-32)18-30-29(17-41-34(42-30)43-11-10-40-22(43)4)28-16-23(7-9-31(28)48-5)27-8-6-24(33(45)46)14-20(27)2/h6-17,21,32H,18H2,1-5H3,(H,45,46)/t21-,32-/m0/s1. The predicted octanol–water partition coefficient (Wildman–Crippen LogP) is 7.73. The highest BCUT2D eigenvalue weighted by molar-refractivity contribution is 5.89. The van der Waals surface area contributed by atoms with Crippen molar-refractivity contribution in [3.05, 3.63) is 113 Å². The number of rotatable bonds is 8. The molecule has 2 atom stereocenters. The van der Waals surface area contributed by atoms with Crippen molar-refractivity contribution < 1.29 is 37.3 Å². The van der Waals surface area contributed by atoms with Gasteiger partial charge in [-0.2, -0.15) is 13.2 Å². The van der Waals surface area contributed by atoms with E-state index in [4.69, 9.17) is 14.5 Å². The normalized spacial score (nSPS) is 16.2. The summed E-state index contributed by atoms with van der Waals surface area (Å²) in [6, 6.07) is 13.4.